The predicted octanol–water partition coefficient (Wildman–Crippen LogP) is 7.24. The summed E-state index contributed by atoms with van der Waals surface area (Å²) < 4.78 is 24.4. The molecule has 0 bridgehead atoms. The highest BCUT2D eigenvalue weighted by atomic mass is 35.5. The van der Waals surface area contributed by atoms with E-state index in [-0.39, 0.29) is 36.7 Å². The number of aliphatic hydroxyl groups excluding tert-OH is 2. The molecule has 0 aromatic heterocycles. The molecule has 2 aromatic carbocycles. The van der Waals surface area contributed by atoms with Gasteiger partial charge < -0.3 is 49.4 Å². The van der Waals surface area contributed by atoms with Gasteiger partial charge in [-0.2, -0.15) is 0 Å². The molecule has 16 heteroatoms. The summed E-state index contributed by atoms with van der Waals surface area (Å²) in [5.74, 6) is 0. The van der Waals surface area contributed by atoms with E-state index < -0.39 is 46.9 Å². The van der Waals surface area contributed by atoms with Gasteiger partial charge in [-0.25, -0.2) is 19.2 Å². The minimum absolute atomic E-state index is 0. The summed E-state index contributed by atoms with van der Waals surface area (Å²) in [7, 11) is 0. The van der Waals surface area contributed by atoms with Crippen LogP contribution in [0.1, 0.15) is 101 Å². The Balaban J connectivity index is 0.000000454. The zero-order valence-electron chi connectivity index (χ0n) is 35.6. The maximum absolute atomic E-state index is 12.3. The van der Waals surface area contributed by atoms with Gasteiger partial charge in [0, 0.05) is 44.0 Å². The minimum atomic E-state index is -1.06. The monoisotopic (exact) mass is 824 g/mol. The molecule has 0 unspecified atom stereocenters. The highest BCUT2D eigenvalue weighted by Gasteiger charge is 2.33. The number of rotatable bonds is 2. The molecule has 2 heterocycles. The number of piperidine rings is 2. The van der Waals surface area contributed by atoms with E-state index >= 15 is 0 Å². The number of hydrogen-bond acceptors (Lipinski definition) is 13. The van der Waals surface area contributed by atoms with Crippen molar-refractivity contribution in [3.63, 3.8) is 0 Å². The maximum Gasteiger partial charge on any atom is 0.519 e. The van der Waals surface area contributed by atoms with E-state index in [1.807, 2.05) is 65.8 Å². The summed E-state index contributed by atoms with van der Waals surface area (Å²) in [6.45, 7) is 22.7. The molecular formula is C41H65ClN4O11. The zero-order valence-corrected chi connectivity index (χ0v) is 36.4. The number of benzene rings is 2. The molecular weight excluding hydrogens is 760 g/mol. The Morgan fingerprint density at radius 3 is 1.58 bits per heavy atom. The van der Waals surface area contributed by atoms with Gasteiger partial charge in [-0.15, -0.1) is 12.4 Å². The molecule has 2 amide bonds. The third-order valence-corrected chi connectivity index (χ3v) is 7.64. The van der Waals surface area contributed by atoms with Crippen LogP contribution in [0, 0.1) is 0 Å². The van der Waals surface area contributed by atoms with Crippen LogP contribution in [0.5, 0.6) is 0 Å². The van der Waals surface area contributed by atoms with Crippen molar-refractivity contribution in [1.29, 1.82) is 0 Å². The molecule has 4 N–H and O–H groups in total. The lowest BCUT2D eigenvalue weighted by molar-refractivity contribution is -0.0295. The van der Waals surface area contributed by atoms with Crippen molar-refractivity contribution in [3.8, 4) is 0 Å². The standard InChI is InChI=1S/C21H26N2O3.C10H20N2O3.C10H18O5.ClH/c1-21(2,3)26-20(25)23-12-11-19(24)18(14-23)22-13-16-9-6-8-15-7-4-5-10-17(15)16;1-10(2,3)15-9(14)12-5-4-8(13)7(11)6-12;1-9(2,3)14-7(11)13-8(12)15-10(4,5)6;/h4-10,13,18-19,24H,11-12,14H2,1-3H3;7-8,13H,4-6,11H2,1-3H3;1-6H3;1H/t18-,19-;7-,8-;;/m00../s1. The Labute approximate surface area is 343 Å². The summed E-state index contributed by atoms with van der Waals surface area (Å²) in [6, 6.07) is 13.5. The summed E-state index contributed by atoms with van der Waals surface area (Å²) in [6.07, 6.45) is -1.08. The summed E-state index contributed by atoms with van der Waals surface area (Å²) >= 11 is 0. The largest absolute Gasteiger partial charge is 0.519 e. The van der Waals surface area contributed by atoms with Gasteiger partial charge in [-0.3, -0.25) is 4.99 Å². The lowest BCUT2D eigenvalue weighted by Gasteiger charge is -2.35. The zero-order chi connectivity index (χ0) is 42.6. The molecule has 0 spiro atoms. The molecule has 0 aliphatic carbocycles. The number of carbonyl (C=O) groups excluding carboxylic acids is 4. The van der Waals surface area contributed by atoms with Gasteiger partial charge >= 0.3 is 24.5 Å². The minimum Gasteiger partial charge on any atom is -0.444 e. The smallest absolute Gasteiger partial charge is 0.444 e. The number of fused-ring (bicyclic) bond motifs is 1. The van der Waals surface area contributed by atoms with Crippen molar-refractivity contribution < 1.29 is 53.1 Å². The number of nitrogens with two attached hydrogens (primary N) is 1. The average molecular weight is 825 g/mol. The van der Waals surface area contributed by atoms with E-state index in [0.29, 0.717) is 39.0 Å². The molecule has 0 radical (unpaired) electrons. The van der Waals surface area contributed by atoms with Gasteiger partial charge in [0.15, 0.2) is 0 Å². The average Bonchev–Trinajstić information content (AvgIpc) is 3.02. The van der Waals surface area contributed by atoms with E-state index in [1.165, 1.54) is 0 Å². The van der Waals surface area contributed by atoms with E-state index in [1.54, 1.807) is 57.6 Å². The second kappa shape index (κ2) is 21.5. The van der Waals surface area contributed by atoms with Crippen molar-refractivity contribution in [3.05, 3.63) is 48.0 Å². The van der Waals surface area contributed by atoms with Crippen LogP contribution in [0.15, 0.2) is 47.5 Å². The molecule has 57 heavy (non-hydrogen) atoms. The Hall–Kier alpha value is -4.18. The van der Waals surface area contributed by atoms with Crippen LogP contribution >= 0.6 is 12.4 Å². The first kappa shape index (κ1) is 50.8. The first-order valence-electron chi connectivity index (χ1n) is 18.8. The summed E-state index contributed by atoms with van der Waals surface area (Å²) in [4.78, 5) is 53.7. The van der Waals surface area contributed by atoms with Gasteiger partial charge in [0.2, 0.25) is 0 Å². The van der Waals surface area contributed by atoms with Crippen LogP contribution in [0.4, 0.5) is 19.2 Å². The van der Waals surface area contributed by atoms with Gasteiger partial charge in [0.1, 0.15) is 22.4 Å². The third kappa shape index (κ3) is 20.2. The summed E-state index contributed by atoms with van der Waals surface area (Å²) in [5.41, 5.74) is 4.26. The van der Waals surface area contributed by atoms with Crippen LogP contribution in [0.2, 0.25) is 0 Å². The fraction of sp³-hybridized carbons (Fsp3) is 0.634. The van der Waals surface area contributed by atoms with E-state index in [2.05, 4.69) is 27.9 Å². The highest BCUT2D eigenvalue weighted by Crippen LogP contribution is 2.21. The molecule has 322 valence electrons. The van der Waals surface area contributed by atoms with Crippen molar-refractivity contribution >= 4 is 53.9 Å². The molecule has 2 fully saturated rings. The van der Waals surface area contributed by atoms with Crippen molar-refractivity contribution in [2.75, 3.05) is 26.2 Å². The lowest BCUT2D eigenvalue weighted by Crippen LogP contribution is -2.53. The highest BCUT2D eigenvalue weighted by molar-refractivity contribution is 5.99. The van der Waals surface area contributed by atoms with Crippen molar-refractivity contribution in [2.45, 2.75) is 143 Å². The molecule has 0 saturated carbocycles. The van der Waals surface area contributed by atoms with Gasteiger partial charge in [-0.1, -0.05) is 42.5 Å². The Kier molecular flexibility index (Phi) is 19.2. The first-order valence-corrected chi connectivity index (χ1v) is 18.8. The number of ether oxygens (including phenoxy) is 5. The quantitative estimate of drug-likeness (QED) is 0.119. The summed E-state index contributed by atoms with van der Waals surface area (Å²) in [5, 5.41) is 22.0. The van der Waals surface area contributed by atoms with E-state index in [9.17, 15) is 29.4 Å². The number of likely N-dealkylation sites (tertiary alicyclic amines) is 2. The van der Waals surface area contributed by atoms with Crippen molar-refractivity contribution in [2.24, 2.45) is 10.7 Å². The van der Waals surface area contributed by atoms with Crippen LogP contribution in [0.25, 0.3) is 10.8 Å². The molecule has 2 saturated heterocycles. The van der Waals surface area contributed by atoms with Gasteiger partial charge in [0.05, 0.1) is 18.2 Å². The van der Waals surface area contributed by atoms with E-state index in [0.717, 1.165) is 16.3 Å². The Morgan fingerprint density at radius 1 is 0.667 bits per heavy atom. The van der Waals surface area contributed by atoms with Crippen LogP contribution < -0.4 is 5.73 Å². The van der Waals surface area contributed by atoms with E-state index in [4.69, 9.17) is 24.7 Å². The van der Waals surface area contributed by atoms with Gasteiger partial charge in [0.25, 0.3) is 0 Å². The number of nitrogens with zero attached hydrogens (tertiary/aromatic N) is 3. The second-order valence-electron chi connectivity index (χ2n) is 17.7. The number of hydrogen-bond donors (Lipinski definition) is 3. The Morgan fingerprint density at radius 2 is 1.11 bits per heavy atom. The van der Waals surface area contributed by atoms with Crippen molar-refractivity contribution in [1.82, 2.24) is 9.80 Å². The number of halogens is 1. The second-order valence-corrected chi connectivity index (χ2v) is 17.7. The lowest BCUT2D eigenvalue weighted by atomic mass is 10.0. The normalized spacial score (nSPS) is 20.1. The molecule has 2 aliphatic rings. The van der Waals surface area contributed by atoms with Gasteiger partial charge in [-0.05, 0) is 107 Å². The van der Waals surface area contributed by atoms with Crippen LogP contribution in [0.3, 0.4) is 0 Å². The SMILES string of the molecule is CC(C)(C)OC(=O)N1CC[C@H](O)[C@@H](N)C1.CC(C)(C)OC(=O)N1CC[C@H](O)[C@@H](N=Cc2cccc3ccccc23)C1.CC(C)(C)OC(=O)OC(=O)OC(C)(C)C.Cl. The fourth-order valence-corrected chi connectivity index (χ4v) is 5.17. The molecule has 2 aromatic rings. The number of aliphatic hydroxyl groups is 2. The van der Waals surface area contributed by atoms with Crippen LogP contribution in [-0.4, -0.2) is 124 Å². The predicted molar refractivity (Wildman–Crippen MR) is 221 cm³/mol. The number of amides is 2. The number of carbonyl (C=O) groups is 4. The molecule has 15 nitrogen and oxygen atoms in total. The molecule has 4 atom stereocenters. The van der Waals surface area contributed by atoms with Crippen LogP contribution in [-0.2, 0) is 23.7 Å². The fourth-order valence-electron chi connectivity index (χ4n) is 5.17. The third-order valence-electron chi connectivity index (χ3n) is 7.64. The molecule has 4 rings (SSSR count). The first-order chi connectivity index (χ1) is 25.6. The topological polar surface area (TPSA) is 200 Å². The molecule has 2 aliphatic heterocycles. The maximum atomic E-state index is 12.3. The number of aliphatic imine (C=N–C) groups is 1. The Bertz CT molecular complexity index is 1610.